The van der Waals surface area contributed by atoms with E-state index in [1.54, 1.807) is 0 Å². The molecule has 0 bridgehead atoms. The molecule has 1 aromatic rings. The van der Waals surface area contributed by atoms with Gasteiger partial charge in [-0.1, -0.05) is 25.1 Å². The first kappa shape index (κ1) is 14.4. The molecule has 0 N–H and O–H groups in total. The first-order valence-electron chi connectivity index (χ1n) is 7.58. The molecule has 0 aliphatic carbocycles. The van der Waals surface area contributed by atoms with E-state index < -0.39 is 0 Å². The van der Waals surface area contributed by atoms with Crippen molar-refractivity contribution in [1.29, 1.82) is 0 Å². The Bertz CT molecular complexity index is 344. The smallest absolute Gasteiger partial charge is 0.0366 e. The van der Waals surface area contributed by atoms with Gasteiger partial charge in [0.2, 0.25) is 0 Å². The van der Waals surface area contributed by atoms with E-state index >= 15 is 0 Å². The standard InChI is InChI=1S/C16H27N3/c1-3-17-10-12-18(13-11-17)14-15-19(4-2)16-8-6-5-7-9-16/h5-9H,3-4,10-15H2,1-2H3. The van der Waals surface area contributed by atoms with E-state index in [-0.39, 0.29) is 0 Å². The first-order valence-corrected chi connectivity index (χ1v) is 7.58. The molecule has 106 valence electrons. The van der Waals surface area contributed by atoms with Crippen molar-refractivity contribution in [2.45, 2.75) is 13.8 Å². The average molecular weight is 261 g/mol. The van der Waals surface area contributed by atoms with Crippen LogP contribution < -0.4 is 4.90 Å². The number of hydrogen-bond acceptors (Lipinski definition) is 3. The quantitative estimate of drug-likeness (QED) is 0.777. The lowest BCUT2D eigenvalue weighted by Crippen LogP contribution is -2.48. The Kier molecular flexibility index (Phi) is 5.67. The molecule has 0 atom stereocenters. The summed E-state index contributed by atoms with van der Waals surface area (Å²) in [6.07, 6.45) is 0. The number of nitrogens with zero attached hydrogens (tertiary/aromatic N) is 3. The highest BCUT2D eigenvalue weighted by Gasteiger charge is 2.15. The largest absolute Gasteiger partial charge is 0.371 e. The second-order valence-electron chi connectivity index (χ2n) is 5.19. The molecule has 0 saturated carbocycles. The molecule has 1 saturated heterocycles. The van der Waals surface area contributed by atoms with E-state index in [2.05, 4.69) is 58.9 Å². The predicted molar refractivity (Wildman–Crippen MR) is 82.9 cm³/mol. The SMILES string of the molecule is CCN1CCN(CCN(CC)c2ccccc2)CC1. The van der Waals surface area contributed by atoms with Crippen LogP contribution >= 0.6 is 0 Å². The Morgan fingerprint density at radius 3 is 2.16 bits per heavy atom. The number of benzene rings is 1. The molecule has 0 aromatic heterocycles. The Hall–Kier alpha value is -1.06. The van der Waals surface area contributed by atoms with Crippen LogP contribution in [0.15, 0.2) is 30.3 Å². The van der Waals surface area contributed by atoms with E-state index in [0.717, 1.165) is 13.1 Å². The Morgan fingerprint density at radius 1 is 0.947 bits per heavy atom. The summed E-state index contributed by atoms with van der Waals surface area (Å²) in [5, 5.41) is 0. The topological polar surface area (TPSA) is 9.72 Å². The van der Waals surface area contributed by atoms with Gasteiger partial charge in [0, 0.05) is 51.5 Å². The Morgan fingerprint density at radius 2 is 1.58 bits per heavy atom. The molecule has 1 aliphatic heterocycles. The second-order valence-corrected chi connectivity index (χ2v) is 5.19. The van der Waals surface area contributed by atoms with Gasteiger partial charge < -0.3 is 9.80 Å². The highest BCUT2D eigenvalue weighted by atomic mass is 15.3. The Balaban J connectivity index is 1.78. The molecule has 1 fully saturated rings. The fraction of sp³-hybridized carbons (Fsp3) is 0.625. The van der Waals surface area contributed by atoms with E-state index in [9.17, 15) is 0 Å². The highest BCUT2D eigenvalue weighted by Crippen LogP contribution is 2.12. The van der Waals surface area contributed by atoms with Gasteiger partial charge in [-0.15, -0.1) is 0 Å². The van der Waals surface area contributed by atoms with E-state index in [4.69, 9.17) is 0 Å². The van der Waals surface area contributed by atoms with Gasteiger partial charge in [0.15, 0.2) is 0 Å². The molecule has 1 aliphatic rings. The molecule has 1 aromatic carbocycles. The summed E-state index contributed by atoms with van der Waals surface area (Å²) < 4.78 is 0. The molecular weight excluding hydrogens is 234 g/mol. The molecule has 1 heterocycles. The summed E-state index contributed by atoms with van der Waals surface area (Å²) in [4.78, 5) is 7.59. The lowest BCUT2D eigenvalue weighted by molar-refractivity contribution is 0.139. The van der Waals surface area contributed by atoms with Crippen LogP contribution in [0.4, 0.5) is 5.69 Å². The summed E-state index contributed by atoms with van der Waals surface area (Å²) >= 11 is 0. The zero-order chi connectivity index (χ0) is 13.5. The van der Waals surface area contributed by atoms with Gasteiger partial charge in [0.1, 0.15) is 0 Å². The minimum Gasteiger partial charge on any atom is -0.371 e. The molecule has 19 heavy (non-hydrogen) atoms. The van der Waals surface area contributed by atoms with E-state index in [1.807, 2.05) is 0 Å². The summed E-state index contributed by atoms with van der Waals surface area (Å²) in [5.74, 6) is 0. The molecule has 3 heteroatoms. The Labute approximate surface area is 117 Å². The van der Waals surface area contributed by atoms with Crippen molar-refractivity contribution in [3.05, 3.63) is 30.3 Å². The van der Waals surface area contributed by atoms with Crippen LogP contribution in [0, 0.1) is 0 Å². The number of hydrogen-bond donors (Lipinski definition) is 0. The third-order valence-electron chi connectivity index (χ3n) is 4.10. The lowest BCUT2D eigenvalue weighted by atomic mass is 10.2. The number of para-hydroxylation sites is 1. The molecule has 0 spiro atoms. The maximum Gasteiger partial charge on any atom is 0.0366 e. The van der Waals surface area contributed by atoms with Gasteiger partial charge in [-0.05, 0) is 25.6 Å². The molecular formula is C16H27N3. The van der Waals surface area contributed by atoms with Gasteiger partial charge in [0.05, 0.1) is 0 Å². The van der Waals surface area contributed by atoms with Gasteiger partial charge in [-0.3, -0.25) is 4.90 Å². The van der Waals surface area contributed by atoms with Crippen LogP contribution in [0.1, 0.15) is 13.8 Å². The second kappa shape index (κ2) is 7.51. The van der Waals surface area contributed by atoms with Gasteiger partial charge in [-0.2, -0.15) is 0 Å². The van der Waals surface area contributed by atoms with Crippen LogP contribution in [-0.2, 0) is 0 Å². The fourth-order valence-corrected chi connectivity index (χ4v) is 2.70. The average Bonchev–Trinajstić information content (AvgIpc) is 2.49. The third kappa shape index (κ3) is 4.22. The van der Waals surface area contributed by atoms with E-state index in [0.29, 0.717) is 0 Å². The zero-order valence-corrected chi connectivity index (χ0v) is 12.4. The number of rotatable bonds is 6. The van der Waals surface area contributed by atoms with Crippen LogP contribution in [0.25, 0.3) is 0 Å². The van der Waals surface area contributed by atoms with Crippen LogP contribution in [0.5, 0.6) is 0 Å². The minimum absolute atomic E-state index is 1.08. The van der Waals surface area contributed by atoms with Crippen LogP contribution in [-0.4, -0.2) is 62.2 Å². The van der Waals surface area contributed by atoms with Crippen LogP contribution in [0.2, 0.25) is 0 Å². The maximum atomic E-state index is 2.60. The molecule has 0 unspecified atom stereocenters. The number of likely N-dealkylation sites (N-methyl/N-ethyl adjacent to an activating group) is 2. The minimum atomic E-state index is 1.08. The van der Waals surface area contributed by atoms with Crippen molar-refractivity contribution in [1.82, 2.24) is 9.80 Å². The number of piperazine rings is 1. The molecule has 0 amide bonds. The zero-order valence-electron chi connectivity index (χ0n) is 12.4. The van der Waals surface area contributed by atoms with Gasteiger partial charge in [0.25, 0.3) is 0 Å². The first-order chi connectivity index (χ1) is 9.33. The summed E-state index contributed by atoms with van der Waals surface area (Å²) in [5.41, 5.74) is 1.34. The fourth-order valence-electron chi connectivity index (χ4n) is 2.70. The highest BCUT2D eigenvalue weighted by molar-refractivity contribution is 5.45. The normalized spacial score (nSPS) is 17.6. The third-order valence-corrected chi connectivity index (χ3v) is 4.10. The summed E-state index contributed by atoms with van der Waals surface area (Å²) in [6, 6.07) is 10.7. The van der Waals surface area contributed by atoms with Crippen molar-refractivity contribution in [2.24, 2.45) is 0 Å². The molecule has 2 rings (SSSR count). The van der Waals surface area contributed by atoms with E-state index in [1.165, 1.54) is 45.0 Å². The predicted octanol–water partition coefficient (Wildman–Crippen LogP) is 2.15. The van der Waals surface area contributed by atoms with Crippen molar-refractivity contribution >= 4 is 5.69 Å². The van der Waals surface area contributed by atoms with Crippen LogP contribution in [0.3, 0.4) is 0 Å². The summed E-state index contributed by atoms with van der Waals surface area (Å²) in [6.45, 7) is 14.0. The van der Waals surface area contributed by atoms with Crippen molar-refractivity contribution in [2.75, 3.05) is 57.3 Å². The number of anilines is 1. The lowest BCUT2D eigenvalue weighted by Gasteiger charge is -2.35. The monoisotopic (exact) mass is 261 g/mol. The van der Waals surface area contributed by atoms with Gasteiger partial charge in [-0.25, -0.2) is 0 Å². The van der Waals surface area contributed by atoms with Gasteiger partial charge >= 0.3 is 0 Å². The van der Waals surface area contributed by atoms with Crippen molar-refractivity contribution in [3.63, 3.8) is 0 Å². The summed E-state index contributed by atoms with van der Waals surface area (Å²) in [7, 11) is 0. The van der Waals surface area contributed by atoms with Crippen molar-refractivity contribution < 1.29 is 0 Å². The maximum absolute atomic E-state index is 2.60. The van der Waals surface area contributed by atoms with Crippen molar-refractivity contribution in [3.8, 4) is 0 Å². The molecule has 0 radical (unpaired) electrons. The molecule has 3 nitrogen and oxygen atoms in total.